The van der Waals surface area contributed by atoms with Crippen LogP contribution >= 0.6 is 0 Å². The lowest BCUT2D eigenvalue weighted by atomic mass is 10.2. The molecular weight excluding hydrogens is 286 g/mol. The molecular formula is C9H11N7O5. The van der Waals surface area contributed by atoms with Crippen LogP contribution in [0.15, 0.2) is 22.1 Å². The van der Waals surface area contributed by atoms with Crippen LogP contribution in [0.3, 0.4) is 0 Å². The lowest BCUT2D eigenvalue weighted by Crippen LogP contribution is -2.26. The van der Waals surface area contributed by atoms with E-state index in [0.29, 0.717) is 0 Å². The number of benzene rings is 1. The Morgan fingerprint density at radius 2 is 1.62 bits per heavy atom. The van der Waals surface area contributed by atoms with Crippen LogP contribution in [0.4, 0.5) is 17.1 Å². The predicted octanol–water partition coefficient (Wildman–Crippen LogP) is -0.269. The number of nitrogens with two attached hydrogens (primary N) is 3. The van der Waals surface area contributed by atoms with Crippen molar-refractivity contribution in [3.63, 3.8) is 0 Å². The number of nitro benzene ring substituents is 2. The monoisotopic (exact) mass is 297 g/mol. The highest BCUT2D eigenvalue weighted by atomic mass is 16.6. The highest BCUT2D eigenvalue weighted by molar-refractivity contribution is 5.93. The number of guanidine groups is 2. The van der Waals surface area contributed by atoms with Crippen LogP contribution in [0.5, 0.6) is 5.75 Å². The Balaban J connectivity index is 3.53. The standard InChI is InChI=1S/C9H11N7O5/c1-21-7-5(15(17)18)2-4(3-6(7)16(19)20)13-9(12)14-8(10)11/h2-3H,1H3,(H6,10,11,12,13,14). The zero-order valence-corrected chi connectivity index (χ0v) is 10.7. The maximum Gasteiger partial charge on any atom is 0.320 e. The molecule has 0 aromatic heterocycles. The highest BCUT2D eigenvalue weighted by Crippen LogP contribution is 2.40. The average molecular weight is 297 g/mol. The molecule has 0 unspecified atom stereocenters. The van der Waals surface area contributed by atoms with Gasteiger partial charge in [-0.25, -0.2) is 4.99 Å². The van der Waals surface area contributed by atoms with Crippen LogP contribution in [0.2, 0.25) is 0 Å². The maximum absolute atomic E-state index is 10.9. The summed E-state index contributed by atoms with van der Waals surface area (Å²) in [4.78, 5) is 27.2. The minimum absolute atomic E-state index is 0.170. The Hall–Kier alpha value is -3.44. The van der Waals surface area contributed by atoms with Crippen molar-refractivity contribution < 1.29 is 14.6 Å². The van der Waals surface area contributed by atoms with Gasteiger partial charge in [-0.1, -0.05) is 0 Å². The molecule has 0 saturated heterocycles. The van der Waals surface area contributed by atoms with Crippen molar-refractivity contribution in [2.75, 3.05) is 7.11 Å². The van der Waals surface area contributed by atoms with Gasteiger partial charge in [0.25, 0.3) is 5.75 Å². The summed E-state index contributed by atoms with van der Waals surface area (Å²) >= 11 is 0. The Labute approximate surface area is 117 Å². The third kappa shape index (κ3) is 3.76. The summed E-state index contributed by atoms with van der Waals surface area (Å²) in [5.41, 5.74) is 14.1. The topological polar surface area (TPSA) is 198 Å². The lowest BCUT2D eigenvalue weighted by molar-refractivity contribution is -0.395. The summed E-state index contributed by atoms with van der Waals surface area (Å²) in [7, 11) is 1.08. The van der Waals surface area contributed by atoms with Gasteiger partial charge in [0.15, 0.2) is 5.96 Å². The molecule has 0 fully saturated rings. The van der Waals surface area contributed by atoms with Crippen molar-refractivity contribution in [1.29, 1.82) is 0 Å². The second kappa shape index (κ2) is 6.14. The number of nitrogens with zero attached hydrogens (tertiary/aromatic N) is 4. The largest absolute Gasteiger partial charge is 0.485 e. The highest BCUT2D eigenvalue weighted by Gasteiger charge is 2.27. The van der Waals surface area contributed by atoms with E-state index in [9.17, 15) is 20.2 Å². The van der Waals surface area contributed by atoms with E-state index >= 15 is 0 Å². The average Bonchev–Trinajstić information content (AvgIpc) is 2.36. The third-order valence-corrected chi connectivity index (χ3v) is 2.12. The maximum atomic E-state index is 10.9. The van der Waals surface area contributed by atoms with E-state index in [2.05, 4.69) is 9.98 Å². The zero-order chi connectivity index (χ0) is 16.2. The first-order valence-corrected chi connectivity index (χ1v) is 5.21. The van der Waals surface area contributed by atoms with Gasteiger partial charge < -0.3 is 21.9 Å². The third-order valence-electron chi connectivity index (χ3n) is 2.12. The molecule has 0 saturated carbocycles. The number of methoxy groups -OCH3 is 1. The first kappa shape index (κ1) is 15.6. The molecule has 12 heteroatoms. The number of nitro groups is 2. The number of rotatable bonds is 4. The van der Waals surface area contributed by atoms with E-state index in [1.165, 1.54) is 0 Å². The summed E-state index contributed by atoms with van der Waals surface area (Å²) in [6.07, 6.45) is 0. The van der Waals surface area contributed by atoms with E-state index in [1.54, 1.807) is 0 Å². The molecule has 1 aromatic rings. The molecule has 0 aliphatic carbocycles. The predicted molar refractivity (Wildman–Crippen MR) is 73.4 cm³/mol. The second-order valence-corrected chi connectivity index (χ2v) is 3.54. The molecule has 1 rings (SSSR count). The van der Waals surface area contributed by atoms with Crippen molar-refractivity contribution >= 4 is 29.0 Å². The van der Waals surface area contributed by atoms with Crippen molar-refractivity contribution in [3.8, 4) is 5.75 Å². The number of hydrogen-bond donors (Lipinski definition) is 3. The quantitative estimate of drug-likeness (QED) is 0.291. The number of aliphatic imine (C=N–C) groups is 2. The van der Waals surface area contributed by atoms with Gasteiger partial charge in [-0.15, -0.1) is 0 Å². The fourth-order valence-electron chi connectivity index (χ4n) is 1.42. The lowest BCUT2D eigenvalue weighted by Gasteiger charge is -2.04. The van der Waals surface area contributed by atoms with Gasteiger partial charge in [0, 0.05) is 12.1 Å². The van der Waals surface area contributed by atoms with Gasteiger partial charge in [-0.2, -0.15) is 4.99 Å². The Bertz CT molecular complexity index is 615. The number of hydrogen-bond acceptors (Lipinski definition) is 6. The van der Waals surface area contributed by atoms with Crippen molar-refractivity contribution in [2.45, 2.75) is 0 Å². The molecule has 0 radical (unpaired) electrons. The Morgan fingerprint density at radius 1 is 1.14 bits per heavy atom. The van der Waals surface area contributed by atoms with Crippen molar-refractivity contribution in [2.24, 2.45) is 27.2 Å². The van der Waals surface area contributed by atoms with Crippen LogP contribution in [-0.4, -0.2) is 28.9 Å². The van der Waals surface area contributed by atoms with Gasteiger partial charge in [0.05, 0.1) is 22.6 Å². The molecule has 0 aliphatic heterocycles. The van der Waals surface area contributed by atoms with Gasteiger partial charge in [-0.05, 0) is 0 Å². The van der Waals surface area contributed by atoms with Crippen LogP contribution < -0.4 is 21.9 Å². The second-order valence-electron chi connectivity index (χ2n) is 3.54. The molecule has 0 aliphatic rings. The molecule has 0 spiro atoms. The SMILES string of the molecule is COc1c([N+](=O)[O-])cc(N=C(N)N=C(N)N)cc1[N+](=O)[O-]. The van der Waals surface area contributed by atoms with Gasteiger partial charge in [0.2, 0.25) is 5.96 Å². The molecule has 112 valence electrons. The molecule has 6 N–H and O–H groups in total. The fraction of sp³-hybridized carbons (Fsp3) is 0.111. The zero-order valence-electron chi connectivity index (χ0n) is 10.7. The molecule has 0 heterocycles. The summed E-state index contributed by atoms with van der Waals surface area (Å²) in [6.45, 7) is 0. The molecule has 0 amide bonds. The summed E-state index contributed by atoms with van der Waals surface area (Å²) in [5.74, 6) is -1.29. The van der Waals surface area contributed by atoms with Gasteiger partial charge >= 0.3 is 11.4 Å². The van der Waals surface area contributed by atoms with E-state index < -0.39 is 32.9 Å². The molecule has 1 aromatic carbocycles. The normalized spacial score (nSPS) is 10.8. The van der Waals surface area contributed by atoms with E-state index in [0.717, 1.165) is 19.2 Å². The first-order valence-electron chi connectivity index (χ1n) is 5.21. The van der Waals surface area contributed by atoms with Crippen molar-refractivity contribution in [3.05, 3.63) is 32.4 Å². The van der Waals surface area contributed by atoms with Crippen LogP contribution in [0, 0.1) is 20.2 Å². The first-order chi connectivity index (χ1) is 9.76. The van der Waals surface area contributed by atoms with Crippen LogP contribution in [-0.2, 0) is 0 Å². The molecule has 0 atom stereocenters. The van der Waals surface area contributed by atoms with Crippen LogP contribution in [0.25, 0.3) is 0 Å². The van der Waals surface area contributed by atoms with E-state index in [-0.39, 0.29) is 11.6 Å². The smallest absolute Gasteiger partial charge is 0.320 e. The minimum atomic E-state index is -0.846. The van der Waals surface area contributed by atoms with E-state index in [1.807, 2.05) is 0 Å². The minimum Gasteiger partial charge on any atom is -0.485 e. The summed E-state index contributed by atoms with van der Waals surface area (Å²) in [6, 6.07) is 1.89. The summed E-state index contributed by atoms with van der Waals surface area (Å²) in [5, 5.41) is 21.9. The molecule has 12 nitrogen and oxygen atoms in total. The van der Waals surface area contributed by atoms with Gasteiger partial charge in [0.1, 0.15) is 0 Å². The fourth-order valence-corrected chi connectivity index (χ4v) is 1.42. The van der Waals surface area contributed by atoms with E-state index in [4.69, 9.17) is 21.9 Å². The molecule has 0 bridgehead atoms. The van der Waals surface area contributed by atoms with Crippen molar-refractivity contribution in [1.82, 2.24) is 0 Å². The summed E-state index contributed by atoms with van der Waals surface area (Å²) < 4.78 is 4.69. The van der Waals surface area contributed by atoms with Gasteiger partial charge in [-0.3, -0.25) is 20.2 Å². The Morgan fingerprint density at radius 3 is 1.95 bits per heavy atom. The Kier molecular flexibility index (Phi) is 4.56. The van der Waals surface area contributed by atoms with Crippen LogP contribution in [0.1, 0.15) is 0 Å². The molecule has 21 heavy (non-hydrogen) atoms. The number of ether oxygens (including phenoxy) is 1.